The summed E-state index contributed by atoms with van der Waals surface area (Å²) in [7, 11) is 0. The van der Waals surface area contributed by atoms with E-state index in [1.165, 1.54) is 23.1 Å². The van der Waals surface area contributed by atoms with Crippen molar-refractivity contribution in [3.8, 4) is 0 Å². The number of rotatable bonds is 4. The van der Waals surface area contributed by atoms with Crippen molar-refractivity contribution in [2.75, 3.05) is 5.75 Å². The standard InChI is InChI=1S/C6H10N4OS2/c1-3-9-10-6(13-3)12-2-4(7)5(8)11/h4H,2,7H2,1H3,(H2,8,11). The van der Waals surface area contributed by atoms with E-state index in [0.29, 0.717) is 5.75 Å². The van der Waals surface area contributed by atoms with Gasteiger partial charge in [0.15, 0.2) is 4.34 Å². The number of thioether (sulfide) groups is 1. The van der Waals surface area contributed by atoms with E-state index in [1.807, 2.05) is 6.92 Å². The number of hydrogen-bond donors (Lipinski definition) is 2. The van der Waals surface area contributed by atoms with Crippen LogP contribution in [0.1, 0.15) is 5.01 Å². The Kier molecular flexibility index (Phi) is 3.64. The highest BCUT2D eigenvalue weighted by atomic mass is 32.2. The maximum Gasteiger partial charge on any atom is 0.235 e. The van der Waals surface area contributed by atoms with Gasteiger partial charge in [0.25, 0.3) is 0 Å². The molecule has 0 aromatic carbocycles. The average Bonchev–Trinajstić information content (AvgIpc) is 2.47. The molecule has 72 valence electrons. The zero-order chi connectivity index (χ0) is 9.84. The Labute approximate surface area is 83.9 Å². The van der Waals surface area contributed by atoms with Gasteiger partial charge in [0, 0.05) is 5.75 Å². The summed E-state index contributed by atoms with van der Waals surface area (Å²) < 4.78 is 0.814. The monoisotopic (exact) mass is 218 g/mol. The highest BCUT2D eigenvalue weighted by molar-refractivity contribution is 8.01. The summed E-state index contributed by atoms with van der Waals surface area (Å²) in [6, 6.07) is -0.616. The largest absolute Gasteiger partial charge is 0.368 e. The topological polar surface area (TPSA) is 94.9 Å². The smallest absolute Gasteiger partial charge is 0.235 e. The van der Waals surface area contributed by atoms with Crippen LogP contribution in [-0.4, -0.2) is 27.9 Å². The molecule has 1 unspecified atom stereocenters. The molecule has 0 aliphatic carbocycles. The quantitative estimate of drug-likeness (QED) is 0.680. The van der Waals surface area contributed by atoms with Gasteiger partial charge < -0.3 is 11.5 Å². The molecular weight excluding hydrogens is 208 g/mol. The minimum absolute atomic E-state index is 0.448. The van der Waals surface area contributed by atoms with E-state index in [1.54, 1.807) is 0 Å². The summed E-state index contributed by atoms with van der Waals surface area (Å²) in [5.41, 5.74) is 10.4. The van der Waals surface area contributed by atoms with Gasteiger partial charge in [0.1, 0.15) is 5.01 Å². The third-order valence-electron chi connectivity index (χ3n) is 1.26. The van der Waals surface area contributed by atoms with Gasteiger partial charge in [-0.3, -0.25) is 4.79 Å². The minimum Gasteiger partial charge on any atom is -0.368 e. The van der Waals surface area contributed by atoms with Gasteiger partial charge in [-0.2, -0.15) is 0 Å². The number of primary amides is 1. The van der Waals surface area contributed by atoms with Gasteiger partial charge in [0.2, 0.25) is 5.91 Å². The van der Waals surface area contributed by atoms with E-state index in [0.717, 1.165) is 9.35 Å². The molecule has 7 heteroatoms. The summed E-state index contributed by atoms with van der Waals surface area (Å²) in [5.74, 6) is -0.0435. The fraction of sp³-hybridized carbons (Fsp3) is 0.500. The number of nitrogens with zero attached hydrogens (tertiary/aromatic N) is 2. The predicted molar refractivity (Wildman–Crippen MR) is 52.5 cm³/mol. The second kappa shape index (κ2) is 4.54. The van der Waals surface area contributed by atoms with Crippen molar-refractivity contribution in [2.45, 2.75) is 17.3 Å². The van der Waals surface area contributed by atoms with E-state index in [-0.39, 0.29) is 0 Å². The van der Waals surface area contributed by atoms with E-state index in [2.05, 4.69) is 10.2 Å². The van der Waals surface area contributed by atoms with Crippen LogP contribution >= 0.6 is 23.1 Å². The fourth-order valence-corrected chi connectivity index (χ4v) is 2.38. The second-order valence-electron chi connectivity index (χ2n) is 2.41. The fourth-order valence-electron chi connectivity index (χ4n) is 0.580. The SMILES string of the molecule is Cc1nnc(SCC(N)C(N)=O)s1. The van der Waals surface area contributed by atoms with Crippen LogP contribution in [0.2, 0.25) is 0 Å². The Bertz CT molecular complexity index is 301. The van der Waals surface area contributed by atoms with E-state index in [4.69, 9.17) is 11.5 Å². The number of carbonyl (C=O) groups excluding carboxylic acids is 1. The Hall–Kier alpha value is -0.660. The molecule has 1 amide bonds. The first-order valence-corrected chi connectivity index (χ1v) is 5.37. The molecule has 0 fully saturated rings. The lowest BCUT2D eigenvalue weighted by Crippen LogP contribution is -2.38. The molecule has 1 heterocycles. The lowest BCUT2D eigenvalue weighted by Gasteiger charge is -2.03. The zero-order valence-corrected chi connectivity index (χ0v) is 8.69. The van der Waals surface area contributed by atoms with Crippen molar-refractivity contribution in [3.05, 3.63) is 5.01 Å². The van der Waals surface area contributed by atoms with Gasteiger partial charge in [-0.1, -0.05) is 23.1 Å². The normalized spacial score (nSPS) is 12.8. The lowest BCUT2D eigenvalue weighted by atomic mass is 10.3. The number of nitrogens with two attached hydrogens (primary N) is 2. The number of aryl methyl sites for hydroxylation is 1. The van der Waals surface area contributed by atoms with Crippen LogP contribution in [0, 0.1) is 6.92 Å². The third-order valence-corrected chi connectivity index (χ3v) is 3.35. The Morgan fingerprint density at radius 2 is 2.38 bits per heavy atom. The molecule has 0 spiro atoms. The van der Waals surface area contributed by atoms with Gasteiger partial charge in [-0.25, -0.2) is 0 Å². The first kappa shape index (κ1) is 10.4. The minimum atomic E-state index is -0.616. The van der Waals surface area contributed by atoms with E-state index >= 15 is 0 Å². The molecule has 1 rings (SSSR count). The van der Waals surface area contributed by atoms with Crippen molar-refractivity contribution >= 4 is 29.0 Å². The Balaban J connectivity index is 2.39. The number of hydrogen-bond acceptors (Lipinski definition) is 6. The van der Waals surface area contributed by atoms with Gasteiger partial charge in [0.05, 0.1) is 6.04 Å². The summed E-state index contributed by atoms with van der Waals surface area (Å²) >= 11 is 2.87. The first-order valence-electron chi connectivity index (χ1n) is 3.57. The molecule has 5 nitrogen and oxygen atoms in total. The van der Waals surface area contributed by atoms with Crippen LogP contribution in [0.15, 0.2) is 4.34 Å². The van der Waals surface area contributed by atoms with Crippen LogP contribution in [0.3, 0.4) is 0 Å². The molecule has 4 N–H and O–H groups in total. The summed E-state index contributed by atoms with van der Waals surface area (Å²) in [5, 5.41) is 8.60. The molecule has 0 saturated carbocycles. The molecule has 0 bridgehead atoms. The van der Waals surface area contributed by atoms with Gasteiger partial charge in [-0.05, 0) is 6.92 Å². The van der Waals surface area contributed by atoms with Crippen molar-refractivity contribution in [3.63, 3.8) is 0 Å². The predicted octanol–water partition coefficient (Wildman–Crippen LogP) is -0.249. The van der Waals surface area contributed by atoms with Crippen molar-refractivity contribution in [2.24, 2.45) is 11.5 Å². The summed E-state index contributed by atoms with van der Waals surface area (Å²) in [6.07, 6.45) is 0. The molecular formula is C6H10N4OS2. The summed E-state index contributed by atoms with van der Waals surface area (Å²) in [4.78, 5) is 10.6. The maximum absolute atomic E-state index is 10.6. The molecule has 0 aliphatic heterocycles. The van der Waals surface area contributed by atoms with Crippen LogP contribution in [0.4, 0.5) is 0 Å². The Morgan fingerprint density at radius 3 is 2.85 bits per heavy atom. The molecule has 0 saturated heterocycles. The van der Waals surface area contributed by atoms with E-state index < -0.39 is 11.9 Å². The van der Waals surface area contributed by atoms with Crippen LogP contribution in [0.25, 0.3) is 0 Å². The molecule has 1 atom stereocenters. The van der Waals surface area contributed by atoms with Crippen molar-refractivity contribution in [1.29, 1.82) is 0 Å². The first-order chi connectivity index (χ1) is 6.09. The highest BCUT2D eigenvalue weighted by Gasteiger charge is 2.10. The van der Waals surface area contributed by atoms with E-state index in [9.17, 15) is 4.79 Å². The third kappa shape index (κ3) is 3.29. The van der Waals surface area contributed by atoms with Crippen LogP contribution in [-0.2, 0) is 4.79 Å². The molecule has 0 radical (unpaired) electrons. The molecule has 0 aliphatic rings. The van der Waals surface area contributed by atoms with Crippen LogP contribution in [0.5, 0.6) is 0 Å². The highest BCUT2D eigenvalue weighted by Crippen LogP contribution is 2.21. The zero-order valence-electron chi connectivity index (χ0n) is 7.06. The summed E-state index contributed by atoms with van der Waals surface area (Å²) in [6.45, 7) is 1.87. The van der Waals surface area contributed by atoms with Crippen LogP contribution < -0.4 is 11.5 Å². The molecule has 13 heavy (non-hydrogen) atoms. The van der Waals surface area contributed by atoms with Crippen molar-refractivity contribution in [1.82, 2.24) is 10.2 Å². The average molecular weight is 218 g/mol. The maximum atomic E-state index is 10.6. The lowest BCUT2D eigenvalue weighted by molar-refractivity contribution is -0.118. The van der Waals surface area contributed by atoms with Gasteiger partial charge >= 0.3 is 0 Å². The Morgan fingerprint density at radius 1 is 1.69 bits per heavy atom. The number of amides is 1. The number of carbonyl (C=O) groups is 1. The number of aromatic nitrogens is 2. The second-order valence-corrected chi connectivity index (χ2v) is 4.86. The molecule has 1 aromatic heterocycles. The van der Waals surface area contributed by atoms with Crippen molar-refractivity contribution < 1.29 is 4.79 Å². The van der Waals surface area contributed by atoms with Gasteiger partial charge in [-0.15, -0.1) is 10.2 Å². The molecule has 1 aromatic rings.